The Balaban J connectivity index is 1.59. The number of aromatic nitrogens is 1. The molecule has 1 unspecified atom stereocenters. The van der Waals surface area contributed by atoms with Crippen molar-refractivity contribution >= 4 is 34.7 Å². The minimum atomic E-state index is -0.150. The molecule has 126 valence electrons. The number of halogens is 1. The van der Waals surface area contributed by atoms with Gasteiger partial charge in [0, 0.05) is 5.39 Å². The zero-order valence-electron chi connectivity index (χ0n) is 14.2. The van der Waals surface area contributed by atoms with Crippen molar-refractivity contribution in [3.63, 3.8) is 0 Å². The molecule has 1 atom stereocenters. The molecular formula is C24H18ClN. The molecule has 1 aromatic heterocycles. The molecule has 4 aromatic rings. The van der Waals surface area contributed by atoms with Crippen molar-refractivity contribution in [2.45, 2.75) is 5.38 Å². The molecular weight excluding hydrogens is 338 g/mol. The smallest absolute Gasteiger partial charge is 0.0835 e. The van der Waals surface area contributed by atoms with E-state index in [-0.39, 0.29) is 5.38 Å². The normalized spacial score (nSPS) is 12.5. The molecule has 0 fully saturated rings. The van der Waals surface area contributed by atoms with Crippen molar-refractivity contribution in [1.82, 2.24) is 4.98 Å². The first-order valence-electron chi connectivity index (χ1n) is 8.62. The van der Waals surface area contributed by atoms with Gasteiger partial charge >= 0.3 is 0 Å². The van der Waals surface area contributed by atoms with Crippen LogP contribution in [0.4, 0.5) is 0 Å². The van der Waals surface area contributed by atoms with E-state index in [1.54, 1.807) is 0 Å². The molecule has 0 aliphatic rings. The lowest BCUT2D eigenvalue weighted by Gasteiger charge is -2.10. The predicted molar refractivity (Wildman–Crippen MR) is 111 cm³/mol. The fourth-order valence-corrected chi connectivity index (χ4v) is 3.27. The molecule has 0 radical (unpaired) electrons. The van der Waals surface area contributed by atoms with Crippen LogP contribution in [0.2, 0.25) is 0 Å². The van der Waals surface area contributed by atoms with E-state index in [1.807, 2.05) is 54.6 Å². The van der Waals surface area contributed by atoms with Crippen LogP contribution in [0, 0.1) is 0 Å². The largest absolute Gasteiger partial charge is 0.248 e. The van der Waals surface area contributed by atoms with Gasteiger partial charge in [-0.1, -0.05) is 78.9 Å². The van der Waals surface area contributed by atoms with Crippen LogP contribution < -0.4 is 0 Å². The number of fused-ring (bicyclic) bond motifs is 1. The van der Waals surface area contributed by atoms with E-state index in [9.17, 15) is 0 Å². The maximum Gasteiger partial charge on any atom is 0.0835 e. The van der Waals surface area contributed by atoms with Gasteiger partial charge in [-0.25, -0.2) is 4.98 Å². The van der Waals surface area contributed by atoms with Crippen LogP contribution in [0.15, 0.2) is 91.0 Å². The minimum absolute atomic E-state index is 0.150. The van der Waals surface area contributed by atoms with Gasteiger partial charge < -0.3 is 0 Å². The molecule has 26 heavy (non-hydrogen) atoms. The van der Waals surface area contributed by atoms with Gasteiger partial charge in [-0.05, 0) is 41.0 Å². The Morgan fingerprint density at radius 2 is 1.46 bits per heavy atom. The zero-order chi connectivity index (χ0) is 17.8. The number of nitrogens with zero attached hydrogens (tertiary/aromatic N) is 1. The average Bonchev–Trinajstić information content (AvgIpc) is 2.72. The molecule has 1 nitrogen and oxygen atoms in total. The van der Waals surface area contributed by atoms with Crippen molar-refractivity contribution in [1.29, 1.82) is 0 Å². The van der Waals surface area contributed by atoms with Crippen molar-refractivity contribution in [2.24, 2.45) is 0 Å². The summed E-state index contributed by atoms with van der Waals surface area (Å²) in [4.78, 5) is 4.68. The highest BCUT2D eigenvalue weighted by Gasteiger charge is 2.10. The fraction of sp³-hybridized carbons (Fsp3) is 0.0417. The van der Waals surface area contributed by atoms with Gasteiger partial charge in [0.25, 0.3) is 0 Å². The van der Waals surface area contributed by atoms with E-state index in [0.29, 0.717) is 0 Å². The maximum atomic E-state index is 6.65. The Labute approximate surface area is 158 Å². The third-order valence-corrected chi connectivity index (χ3v) is 4.87. The van der Waals surface area contributed by atoms with E-state index < -0.39 is 0 Å². The molecule has 4 rings (SSSR count). The van der Waals surface area contributed by atoms with Crippen LogP contribution in [0.25, 0.3) is 23.1 Å². The highest BCUT2D eigenvalue weighted by Crippen LogP contribution is 2.29. The summed E-state index contributed by atoms with van der Waals surface area (Å²) in [7, 11) is 0. The second kappa shape index (κ2) is 7.55. The van der Waals surface area contributed by atoms with Crippen LogP contribution in [-0.2, 0) is 0 Å². The Morgan fingerprint density at radius 1 is 0.692 bits per heavy atom. The Bertz CT molecular complexity index is 1050. The molecule has 0 saturated heterocycles. The van der Waals surface area contributed by atoms with Crippen molar-refractivity contribution in [3.8, 4) is 0 Å². The highest BCUT2D eigenvalue weighted by molar-refractivity contribution is 6.22. The Hall–Kier alpha value is -2.90. The molecule has 0 saturated carbocycles. The minimum Gasteiger partial charge on any atom is -0.248 e. The maximum absolute atomic E-state index is 6.65. The van der Waals surface area contributed by atoms with Crippen molar-refractivity contribution in [2.75, 3.05) is 0 Å². The summed E-state index contributed by atoms with van der Waals surface area (Å²) in [5, 5.41) is 1.00. The van der Waals surface area contributed by atoms with E-state index in [2.05, 4.69) is 53.5 Å². The van der Waals surface area contributed by atoms with Crippen molar-refractivity contribution in [3.05, 3.63) is 113 Å². The molecule has 0 aliphatic heterocycles. The molecule has 0 spiro atoms. The number of benzene rings is 3. The van der Waals surface area contributed by atoms with E-state index in [0.717, 1.165) is 33.3 Å². The quantitative estimate of drug-likeness (QED) is 0.370. The molecule has 2 heteroatoms. The van der Waals surface area contributed by atoms with Gasteiger partial charge in [0.1, 0.15) is 0 Å². The van der Waals surface area contributed by atoms with E-state index in [1.165, 1.54) is 0 Å². The van der Waals surface area contributed by atoms with Crippen LogP contribution in [-0.4, -0.2) is 4.98 Å². The summed E-state index contributed by atoms with van der Waals surface area (Å²) in [5.41, 5.74) is 5.25. The van der Waals surface area contributed by atoms with Gasteiger partial charge in [0.05, 0.1) is 16.6 Å². The molecule has 0 N–H and O–H groups in total. The number of pyridine rings is 1. The third kappa shape index (κ3) is 3.68. The average molecular weight is 356 g/mol. The lowest BCUT2D eigenvalue weighted by molar-refractivity contribution is 1.14. The van der Waals surface area contributed by atoms with E-state index in [4.69, 9.17) is 11.6 Å². The highest BCUT2D eigenvalue weighted by atomic mass is 35.5. The predicted octanol–water partition coefficient (Wildman–Crippen LogP) is 6.73. The molecule has 0 amide bonds. The van der Waals surface area contributed by atoms with Crippen LogP contribution in [0.1, 0.15) is 27.8 Å². The number of rotatable bonds is 4. The van der Waals surface area contributed by atoms with Crippen LogP contribution >= 0.6 is 11.6 Å². The lowest BCUT2D eigenvalue weighted by atomic mass is 10.0. The van der Waals surface area contributed by atoms with Gasteiger partial charge in [-0.2, -0.15) is 0 Å². The first-order chi connectivity index (χ1) is 12.8. The summed E-state index contributed by atoms with van der Waals surface area (Å²) in [6.07, 6.45) is 4.12. The summed E-state index contributed by atoms with van der Waals surface area (Å²) in [6.45, 7) is 0. The first-order valence-corrected chi connectivity index (χ1v) is 9.06. The number of para-hydroxylation sites is 1. The lowest BCUT2D eigenvalue weighted by Crippen LogP contribution is -1.93. The molecule has 0 bridgehead atoms. The molecule has 0 aliphatic carbocycles. The van der Waals surface area contributed by atoms with Gasteiger partial charge in [-0.15, -0.1) is 11.6 Å². The first kappa shape index (κ1) is 16.6. The van der Waals surface area contributed by atoms with Crippen molar-refractivity contribution < 1.29 is 0 Å². The summed E-state index contributed by atoms with van der Waals surface area (Å²) >= 11 is 6.65. The van der Waals surface area contributed by atoms with Gasteiger partial charge in [0.2, 0.25) is 0 Å². The van der Waals surface area contributed by atoms with Gasteiger partial charge in [0.15, 0.2) is 0 Å². The van der Waals surface area contributed by atoms with Crippen LogP contribution in [0.5, 0.6) is 0 Å². The monoisotopic (exact) mass is 355 g/mol. The number of alkyl halides is 1. The number of hydrogen-bond acceptors (Lipinski definition) is 1. The molecule has 1 heterocycles. The fourth-order valence-electron chi connectivity index (χ4n) is 2.99. The molecule has 3 aromatic carbocycles. The second-order valence-electron chi connectivity index (χ2n) is 6.21. The summed E-state index contributed by atoms with van der Waals surface area (Å²) in [6, 6.07) is 30.7. The Kier molecular flexibility index (Phi) is 4.81. The van der Waals surface area contributed by atoms with E-state index >= 15 is 0 Å². The standard InChI is InChI=1S/C24H18ClN/c25-24(20-9-2-1-3-10-20)21-11-6-7-18(17-21)13-15-22-16-14-19-8-4-5-12-23(19)26-22/h1-17,24H/b15-13+. The third-order valence-electron chi connectivity index (χ3n) is 4.36. The zero-order valence-corrected chi connectivity index (χ0v) is 15.0. The SMILES string of the molecule is ClC(c1ccccc1)c1cccc(/C=C/c2ccc3ccccc3n2)c1. The topological polar surface area (TPSA) is 12.9 Å². The summed E-state index contributed by atoms with van der Waals surface area (Å²) in [5.74, 6) is 0. The second-order valence-corrected chi connectivity index (χ2v) is 6.64. The summed E-state index contributed by atoms with van der Waals surface area (Å²) < 4.78 is 0. The van der Waals surface area contributed by atoms with Gasteiger partial charge in [-0.3, -0.25) is 0 Å². The number of hydrogen-bond donors (Lipinski definition) is 0. The Morgan fingerprint density at radius 3 is 2.35 bits per heavy atom. The van der Waals surface area contributed by atoms with Crippen LogP contribution in [0.3, 0.4) is 0 Å².